The third-order valence-electron chi connectivity index (χ3n) is 2.83. The number of nitrogens with one attached hydrogen (secondary N) is 1. The van der Waals surface area contributed by atoms with Crippen LogP contribution in [-0.4, -0.2) is 41.6 Å². The first-order valence-corrected chi connectivity index (χ1v) is 5.84. The highest BCUT2D eigenvalue weighted by Gasteiger charge is 2.29. The van der Waals surface area contributed by atoms with Gasteiger partial charge in [0.15, 0.2) is 0 Å². The Morgan fingerprint density at radius 2 is 2.13 bits per heavy atom. The van der Waals surface area contributed by atoms with Gasteiger partial charge in [-0.3, -0.25) is 9.59 Å². The number of hydrogen-bond donors (Lipinski definition) is 2. The molecule has 1 aliphatic rings. The minimum Gasteiger partial charge on any atom is -0.344 e. The lowest BCUT2D eigenvalue weighted by atomic mass is 9.91. The van der Waals surface area contributed by atoms with Crippen molar-refractivity contribution in [3.63, 3.8) is 0 Å². The van der Waals surface area contributed by atoms with Gasteiger partial charge < -0.3 is 10.2 Å². The molecule has 1 fully saturated rings. The summed E-state index contributed by atoms with van der Waals surface area (Å²) in [6, 6.07) is -0.134. The second kappa shape index (κ2) is 5.39. The van der Waals surface area contributed by atoms with Gasteiger partial charge in [0.2, 0.25) is 11.8 Å². The van der Waals surface area contributed by atoms with Gasteiger partial charge in [-0.15, -0.1) is 0 Å². The van der Waals surface area contributed by atoms with E-state index in [0.29, 0.717) is 11.8 Å². The summed E-state index contributed by atoms with van der Waals surface area (Å²) in [5.74, 6) is 0.115. The van der Waals surface area contributed by atoms with Crippen LogP contribution in [0.4, 0.5) is 0 Å². The Hall–Kier alpha value is -0.710. The summed E-state index contributed by atoms with van der Waals surface area (Å²) >= 11 is 4.08. The Labute approximate surface area is 95.8 Å². The van der Waals surface area contributed by atoms with Gasteiger partial charge in [0.25, 0.3) is 0 Å². The Balaban J connectivity index is 2.50. The number of carbonyl (C=O) groups excluding carboxylic acids is 2. The zero-order chi connectivity index (χ0) is 11.4. The molecule has 1 saturated carbocycles. The van der Waals surface area contributed by atoms with Crippen molar-refractivity contribution >= 4 is 24.4 Å². The molecule has 0 saturated heterocycles. The van der Waals surface area contributed by atoms with Crippen molar-refractivity contribution in [2.45, 2.75) is 38.3 Å². The van der Waals surface area contributed by atoms with Gasteiger partial charge in [-0.2, -0.15) is 12.6 Å². The van der Waals surface area contributed by atoms with Crippen LogP contribution >= 0.6 is 12.6 Å². The summed E-state index contributed by atoms with van der Waals surface area (Å²) in [5, 5.41) is 2.61. The topological polar surface area (TPSA) is 49.4 Å². The van der Waals surface area contributed by atoms with Crippen LogP contribution in [0.3, 0.4) is 0 Å². The van der Waals surface area contributed by atoms with E-state index in [0.717, 1.165) is 12.8 Å². The highest BCUT2D eigenvalue weighted by Crippen LogP contribution is 2.23. The maximum absolute atomic E-state index is 11.9. The predicted octanol–water partition coefficient (Wildman–Crippen LogP) is 0.432. The molecule has 1 aliphatic carbocycles. The third-order valence-corrected chi connectivity index (χ3v) is 3.19. The van der Waals surface area contributed by atoms with Gasteiger partial charge in [0, 0.05) is 25.8 Å². The van der Waals surface area contributed by atoms with E-state index in [-0.39, 0.29) is 11.8 Å². The lowest BCUT2D eigenvalue weighted by molar-refractivity contribution is -0.137. The van der Waals surface area contributed by atoms with Gasteiger partial charge in [-0.1, -0.05) is 0 Å². The molecule has 0 radical (unpaired) electrons. The highest BCUT2D eigenvalue weighted by molar-refractivity contribution is 7.80. The van der Waals surface area contributed by atoms with E-state index in [2.05, 4.69) is 17.9 Å². The van der Waals surface area contributed by atoms with Gasteiger partial charge in [-0.25, -0.2) is 0 Å². The van der Waals surface area contributed by atoms with Gasteiger partial charge >= 0.3 is 0 Å². The molecule has 5 heteroatoms. The monoisotopic (exact) mass is 230 g/mol. The fourth-order valence-corrected chi connectivity index (χ4v) is 1.88. The van der Waals surface area contributed by atoms with Crippen molar-refractivity contribution < 1.29 is 9.59 Å². The summed E-state index contributed by atoms with van der Waals surface area (Å²) < 4.78 is 0. The molecule has 15 heavy (non-hydrogen) atoms. The fourth-order valence-electron chi connectivity index (χ4n) is 1.63. The lowest BCUT2D eigenvalue weighted by Crippen LogP contribution is -2.52. The molecular formula is C10H18N2O2S. The van der Waals surface area contributed by atoms with Crippen LogP contribution in [0, 0.1) is 0 Å². The highest BCUT2D eigenvalue weighted by atomic mass is 32.1. The van der Waals surface area contributed by atoms with Crippen LogP contribution in [0.1, 0.15) is 26.2 Å². The summed E-state index contributed by atoms with van der Waals surface area (Å²) in [6.07, 6.45) is 3.33. The van der Waals surface area contributed by atoms with E-state index >= 15 is 0 Å². The Morgan fingerprint density at radius 1 is 1.53 bits per heavy atom. The number of hydrogen-bond acceptors (Lipinski definition) is 3. The number of likely N-dealkylation sites (N-methyl/N-ethyl adjacent to an activating group) is 1. The first-order chi connectivity index (χ1) is 7.06. The largest absolute Gasteiger partial charge is 0.344 e. The maximum Gasteiger partial charge on any atom is 0.245 e. The molecule has 1 N–H and O–H groups in total. The molecule has 0 bridgehead atoms. The molecule has 0 spiro atoms. The molecule has 4 nitrogen and oxygen atoms in total. The molecule has 86 valence electrons. The van der Waals surface area contributed by atoms with Gasteiger partial charge in [-0.05, 0) is 19.3 Å². The van der Waals surface area contributed by atoms with Crippen molar-refractivity contribution in [1.29, 1.82) is 0 Å². The van der Waals surface area contributed by atoms with Crippen molar-refractivity contribution in [2.24, 2.45) is 0 Å². The van der Waals surface area contributed by atoms with E-state index in [1.54, 1.807) is 11.9 Å². The van der Waals surface area contributed by atoms with Crippen LogP contribution < -0.4 is 5.32 Å². The van der Waals surface area contributed by atoms with Gasteiger partial charge in [0.1, 0.15) is 6.04 Å². The second-order valence-electron chi connectivity index (χ2n) is 3.97. The fraction of sp³-hybridized carbons (Fsp3) is 0.800. The minimum atomic E-state index is -0.489. The Morgan fingerprint density at radius 3 is 2.47 bits per heavy atom. The number of thiol groups is 1. The standard InChI is InChI=1S/C10H18N2O2S/c1-7(13)11-9(6-15)10(14)12(2)8-4-3-5-8/h8-9,15H,3-6H2,1-2H3,(H,11,13). The maximum atomic E-state index is 11.9. The number of carbonyl (C=O) groups is 2. The second-order valence-corrected chi connectivity index (χ2v) is 4.33. The molecule has 2 amide bonds. The van der Waals surface area contributed by atoms with Crippen LogP contribution in [0.25, 0.3) is 0 Å². The minimum absolute atomic E-state index is 0.0371. The summed E-state index contributed by atoms with van der Waals surface area (Å²) in [7, 11) is 1.80. The molecule has 1 unspecified atom stereocenters. The van der Waals surface area contributed by atoms with Crippen LogP contribution in [-0.2, 0) is 9.59 Å². The first-order valence-electron chi connectivity index (χ1n) is 5.21. The number of amides is 2. The van der Waals surface area contributed by atoms with Crippen molar-refractivity contribution in [3.8, 4) is 0 Å². The van der Waals surface area contributed by atoms with E-state index in [1.807, 2.05) is 0 Å². The van der Waals surface area contributed by atoms with E-state index < -0.39 is 6.04 Å². The molecule has 0 aromatic heterocycles. The van der Waals surface area contributed by atoms with Crippen LogP contribution in [0.15, 0.2) is 0 Å². The van der Waals surface area contributed by atoms with Gasteiger partial charge in [0.05, 0.1) is 0 Å². The summed E-state index contributed by atoms with van der Waals surface area (Å²) in [5.41, 5.74) is 0. The van der Waals surface area contributed by atoms with E-state index in [9.17, 15) is 9.59 Å². The number of rotatable bonds is 4. The van der Waals surface area contributed by atoms with Crippen molar-refractivity contribution in [2.75, 3.05) is 12.8 Å². The van der Waals surface area contributed by atoms with Crippen molar-refractivity contribution in [1.82, 2.24) is 10.2 Å². The average molecular weight is 230 g/mol. The molecule has 0 heterocycles. The van der Waals surface area contributed by atoms with Crippen molar-refractivity contribution in [3.05, 3.63) is 0 Å². The number of nitrogens with zero attached hydrogens (tertiary/aromatic N) is 1. The lowest BCUT2D eigenvalue weighted by Gasteiger charge is -2.36. The van der Waals surface area contributed by atoms with E-state index in [1.165, 1.54) is 13.3 Å². The molecule has 0 aliphatic heterocycles. The SMILES string of the molecule is CC(=O)NC(CS)C(=O)N(C)C1CCC1. The third kappa shape index (κ3) is 3.12. The molecule has 0 aromatic rings. The Bertz CT molecular complexity index is 254. The zero-order valence-corrected chi connectivity index (χ0v) is 10.1. The summed E-state index contributed by atoms with van der Waals surface area (Å²) in [6.45, 7) is 1.41. The normalized spacial score (nSPS) is 17.8. The molecule has 1 atom stereocenters. The molecule has 0 aromatic carbocycles. The molecule has 1 rings (SSSR count). The van der Waals surface area contributed by atoms with E-state index in [4.69, 9.17) is 0 Å². The summed E-state index contributed by atoms with van der Waals surface area (Å²) in [4.78, 5) is 24.5. The quantitative estimate of drug-likeness (QED) is 0.688. The average Bonchev–Trinajstić information content (AvgIpc) is 2.09. The zero-order valence-electron chi connectivity index (χ0n) is 9.19. The Kier molecular flexibility index (Phi) is 4.45. The van der Waals surface area contributed by atoms with Crippen LogP contribution in [0.5, 0.6) is 0 Å². The molecular weight excluding hydrogens is 212 g/mol. The predicted molar refractivity (Wildman–Crippen MR) is 61.9 cm³/mol. The first kappa shape index (κ1) is 12.4. The smallest absolute Gasteiger partial charge is 0.245 e. The van der Waals surface area contributed by atoms with Crippen LogP contribution in [0.2, 0.25) is 0 Å².